The van der Waals surface area contributed by atoms with Gasteiger partial charge in [-0.2, -0.15) is 20.0 Å². The van der Waals surface area contributed by atoms with Crippen LogP contribution in [0, 0.1) is 11.3 Å². The third-order valence-electron chi connectivity index (χ3n) is 5.55. The predicted octanol–water partition coefficient (Wildman–Crippen LogP) is 4.72. The number of nitrogens with one attached hydrogen (secondary N) is 1. The van der Waals surface area contributed by atoms with Crippen LogP contribution in [0.15, 0.2) is 78.0 Å². The van der Waals surface area contributed by atoms with Gasteiger partial charge in [-0.05, 0) is 35.7 Å². The fourth-order valence-corrected chi connectivity index (χ4v) is 3.97. The Morgan fingerprint density at radius 2 is 1.85 bits per heavy atom. The SMILES string of the molecule is CC(C)c1c(-c2cnn(Cc3cccc(Oc4ccccc4)c3)c2)[nH]c2c(C#N)cnn2c1=O. The lowest BCUT2D eigenvalue weighted by Gasteiger charge is -2.11. The van der Waals surface area contributed by atoms with Crippen molar-refractivity contribution in [2.45, 2.75) is 26.3 Å². The third kappa shape index (κ3) is 3.95. The molecule has 0 spiro atoms. The molecule has 0 saturated heterocycles. The zero-order valence-corrected chi connectivity index (χ0v) is 18.8. The van der Waals surface area contributed by atoms with E-state index in [1.807, 2.05) is 79.3 Å². The Kier molecular flexibility index (Phi) is 5.44. The Hall–Kier alpha value is -4.64. The van der Waals surface area contributed by atoms with Crippen LogP contribution in [0.4, 0.5) is 0 Å². The molecule has 0 unspecified atom stereocenters. The highest BCUT2D eigenvalue weighted by Gasteiger charge is 2.20. The molecule has 0 radical (unpaired) electrons. The highest BCUT2D eigenvalue weighted by Crippen LogP contribution is 2.27. The van der Waals surface area contributed by atoms with E-state index in [0.29, 0.717) is 29.0 Å². The van der Waals surface area contributed by atoms with Gasteiger partial charge in [0, 0.05) is 17.3 Å². The van der Waals surface area contributed by atoms with Crippen molar-refractivity contribution in [2.24, 2.45) is 0 Å². The van der Waals surface area contributed by atoms with E-state index in [1.165, 1.54) is 10.7 Å². The van der Waals surface area contributed by atoms with Crippen molar-refractivity contribution in [3.05, 3.63) is 100 Å². The summed E-state index contributed by atoms with van der Waals surface area (Å²) < 4.78 is 9.00. The van der Waals surface area contributed by atoms with Gasteiger partial charge < -0.3 is 9.72 Å². The van der Waals surface area contributed by atoms with Crippen LogP contribution in [-0.2, 0) is 6.54 Å². The molecule has 0 aliphatic carbocycles. The van der Waals surface area contributed by atoms with E-state index in [9.17, 15) is 10.1 Å². The van der Waals surface area contributed by atoms with Gasteiger partial charge in [-0.15, -0.1) is 0 Å². The van der Waals surface area contributed by atoms with Gasteiger partial charge in [0.15, 0.2) is 5.65 Å². The normalized spacial score (nSPS) is 11.1. The van der Waals surface area contributed by atoms with Gasteiger partial charge in [-0.3, -0.25) is 9.48 Å². The first-order valence-electron chi connectivity index (χ1n) is 10.9. The molecule has 0 fully saturated rings. The molecular weight excluding hydrogens is 428 g/mol. The topological polar surface area (TPSA) is 101 Å². The lowest BCUT2D eigenvalue weighted by Crippen LogP contribution is -2.22. The van der Waals surface area contributed by atoms with E-state index in [0.717, 1.165) is 22.6 Å². The molecule has 0 aliphatic heterocycles. The summed E-state index contributed by atoms with van der Waals surface area (Å²) >= 11 is 0. The van der Waals surface area contributed by atoms with Crippen LogP contribution in [-0.4, -0.2) is 24.4 Å². The molecule has 0 bridgehead atoms. The summed E-state index contributed by atoms with van der Waals surface area (Å²) in [5.74, 6) is 1.48. The Morgan fingerprint density at radius 1 is 1.06 bits per heavy atom. The van der Waals surface area contributed by atoms with Crippen LogP contribution in [0.3, 0.4) is 0 Å². The van der Waals surface area contributed by atoms with Gasteiger partial charge in [0.25, 0.3) is 5.56 Å². The number of hydrogen-bond acceptors (Lipinski definition) is 5. The number of ether oxygens (including phenoxy) is 1. The summed E-state index contributed by atoms with van der Waals surface area (Å²) in [6.07, 6.45) is 5.01. The molecular formula is C26H22N6O2. The first-order chi connectivity index (χ1) is 16.5. The Labute approximate surface area is 195 Å². The lowest BCUT2D eigenvalue weighted by molar-refractivity contribution is 0.481. The second-order valence-corrected chi connectivity index (χ2v) is 8.29. The number of aromatic nitrogens is 5. The molecule has 8 heteroatoms. The third-order valence-corrected chi connectivity index (χ3v) is 5.55. The highest BCUT2D eigenvalue weighted by molar-refractivity contribution is 5.67. The van der Waals surface area contributed by atoms with E-state index >= 15 is 0 Å². The summed E-state index contributed by atoms with van der Waals surface area (Å²) in [7, 11) is 0. The lowest BCUT2D eigenvalue weighted by atomic mass is 10.00. The van der Waals surface area contributed by atoms with E-state index in [2.05, 4.69) is 21.3 Å². The van der Waals surface area contributed by atoms with Crippen LogP contribution in [0.25, 0.3) is 16.9 Å². The smallest absolute Gasteiger partial charge is 0.278 e. The van der Waals surface area contributed by atoms with Gasteiger partial charge in [0.1, 0.15) is 23.1 Å². The second kappa shape index (κ2) is 8.71. The first kappa shape index (κ1) is 21.2. The Morgan fingerprint density at radius 3 is 2.62 bits per heavy atom. The van der Waals surface area contributed by atoms with Crippen LogP contribution in [0.5, 0.6) is 11.5 Å². The van der Waals surface area contributed by atoms with Crippen LogP contribution < -0.4 is 10.3 Å². The molecule has 0 atom stereocenters. The van der Waals surface area contributed by atoms with Crippen molar-refractivity contribution >= 4 is 5.65 Å². The predicted molar refractivity (Wildman–Crippen MR) is 128 cm³/mol. The molecule has 2 aromatic carbocycles. The number of para-hydroxylation sites is 1. The summed E-state index contributed by atoms with van der Waals surface area (Å²) in [5.41, 5.74) is 3.50. The molecule has 3 heterocycles. The number of fused-ring (bicyclic) bond motifs is 1. The zero-order chi connectivity index (χ0) is 23.7. The number of H-pyrrole nitrogens is 1. The molecule has 0 amide bonds. The average molecular weight is 451 g/mol. The molecule has 5 rings (SSSR count). The van der Waals surface area contributed by atoms with Gasteiger partial charge in [0.2, 0.25) is 0 Å². The molecule has 5 aromatic rings. The summed E-state index contributed by atoms with van der Waals surface area (Å²) in [6.45, 7) is 4.44. The highest BCUT2D eigenvalue weighted by atomic mass is 16.5. The molecule has 1 N–H and O–H groups in total. The largest absolute Gasteiger partial charge is 0.457 e. The van der Waals surface area contributed by atoms with E-state index in [-0.39, 0.29) is 11.5 Å². The maximum Gasteiger partial charge on any atom is 0.278 e. The van der Waals surface area contributed by atoms with Crippen LogP contribution in [0.2, 0.25) is 0 Å². The van der Waals surface area contributed by atoms with Gasteiger partial charge in [0.05, 0.1) is 24.6 Å². The van der Waals surface area contributed by atoms with E-state index in [4.69, 9.17) is 4.74 Å². The zero-order valence-electron chi connectivity index (χ0n) is 18.8. The van der Waals surface area contributed by atoms with Crippen molar-refractivity contribution < 1.29 is 4.74 Å². The summed E-state index contributed by atoms with van der Waals surface area (Å²) in [4.78, 5) is 16.4. The van der Waals surface area contributed by atoms with Crippen molar-refractivity contribution in [2.75, 3.05) is 0 Å². The minimum atomic E-state index is -0.237. The fourth-order valence-electron chi connectivity index (χ4n) is 3.97. The van der Waals surface area contributed by atoms with Crippen LogP contribution >= 0.6 is 0 Å². The fraction of sp³-hybridized carbons (Fsp3) is 0.154. The van der Waals surface area contributed by atoms with Crippen LogP contribution in [0.1, 0.15) is 36.5 Å². The maximum atomic E-state index is 13.1. The number of rotatable bonds is 6. The Balaban J connectivity index is 1.47. The number of aromatic amines is 1. The molecule has 8 nitrogen and oxygen atoms in total. The summed E-state index contributed by atoms with van der Waals surface area (Å²) in [6, 6.07) is 19.6. The monoisotopic (exact) mass is 450 g/mol. The second-order valence-electron chi connectivity index (χ2n) is 8.29. The Bertz CT molecular complexity index is 1570. The first-order valence-corrected chi connectivity index (χ1v) is 10.9. The van der Waals surface area contributed by atoms with Crippen molar-refractivity contribution in [3.63, 3.8) is 0 Å². The van der Waals surface area contributed by atoms with Gasteiger partial charge >= 0.3 is 0 Å². The quantitative estimate of drug-likeness (QED) is 0.403. The summed E-state index contributed by atoms with van der Waals surface area (Å²) in [5, 5.41) is 18.0. The van der Waals surface area contributed by atoms with Gasteiger partial charge in [-0.25, -0.2) is 0 Å². The minimum absolute atomic E-state index is 0.0481. The minimum Gasteiger partial charge on any atom is -0.457 e. The number of hydrogen-bond donors (Lipinski definition) is 1. The van der Waals surface area contributed by atoms with Crippen molar-refractivity contribution in [1.82, 2.24) is 24.4 Å². The van der Waals surface area contributed by atoms with E-state index < -0.39 is 0 Å². The molecule has 34 heavy (non-hydrogen) atoms. The number of benzene rings is 2. The van der Waals surface area contributed by atoms with Gasteiger partial charge in [-0.1, -0.05) is 44.2 Å². The number of nitriles is 1. The van der Waals surface area contributed by atoms with Crippen molar-refractivity contribution in [1.29, 1.82) is 5.26 Å². The molecule has 168 valence electrons. The maximum absolute atomic E-state index is 13.1. The molecule has 0 saturated carbocycles. The molecule has 3 aromatic heterocycles. The average Bonchev–Trinajstić information content (AvgIpc) is 3.46. The number of nitrogens with zero attached hydrogens (tertiary/aromatic N) is 5. The molecule has 0 aliphatic rings. The van der Waals surface area contributed by atoms with Crippen molar-refractivity contribution in [3.8, 4) is 28.8 Å². The van der Waals surface area contributed by atoms with E-state index in [1.54, 1.807) is 6.20 Å². The standard InChI is InChI=1S/C26H22N6O2/c1-17(2)23-24(30-25-19(12-27)13-29-32(25)26(23)33)20-14-28-31(16-20)15-18-7-6-10-22(11-18)34-21-8-4-3-5-9-21/h3-11,13-14,16-17,30H,15H2,1-2H3.